The van der Waals surface area contributed by atoms with Crippen molar-refractivity contribution in [1.29, 1.82) is 0 Å². The van der Waals surface area contributed by atoms with Gasteiger partial charge in [0.25, 0.3) is 5.91 Å². The van der Waals surface area contributed by atoms with Gasteiger partial charge in [0.05, 0.1) is 0 Å². The zero-order valence-electron chi connectivity index (χ0n) is 18.6. The first-order valence-corrected chi connectivity index (χ1v) is 11.2. The fraction of sp³-hybridized carbons (Fsp3) is 0.385. The second kappa shape index (κ2) is 12.0. The molecule has 1 aliphatic rings. The normalized spacial score (nSPS) is 14.2. The standard InChI is InChI=1S/C26H31FN2O3/c1-20(26(31)28-17-16-21-8-4-2-5-9-21)29(18-22-12-14-23(27)15-13-22)25(30)19-32-24-10-6-3-7-11-24/h3,6-8,10-15,20H,2,4-5,9,16-19H2,1H3,(H,28,31). The lowest BCUT2D eigenvalue weighted by Gasteiger charge is -2.29. The van der Waals surface area contributed by atoms with Gasteiger partial charge in [0.2, 0.25) is 5.91 Å². The first-order valence-electron chi connectivity index (χ1n) is 11.2. The Labute approximate surface area is 189 Å². The molecule has 5 nitrogen and oxygen atoms in total. The SMILES string of the molecule is CC(C(=O)NCCC1=CCCCC1)N(Cc1ccc(F)cc1)C(=O)COc1ccccc1. The van der Waals surface area contributed by atoms with Crippen LogP contribution in [0.2, 0.25) is 0 Å². The van der Waals surface area contributed by atoms with Gasteiger partial charge < -0.3 is 15.0 Å². The molecule has 170 valence electrons. The smallest absolute Gasteiger partial charge is 0.261 e. The molecule has 0 aliphatic heterocycles. The van der Waals surface area contributed by atoms with Crippen molar-refractivity contribution < 1.29 is 18.7 Å². The predicted molar refractivity (Wildman–Crippen MR) is 123 cm³/mol. The number of ether oxygens (including phenoxy) is 1. The van der Waals surface area contributed by atoms with Gasteiger partial charge in [-0.25, -0.2) is 4.39 Å². The Morgan fingerprint density at radius 2 is 1.84 bits per heavy atom. The van der Waals surface area contributed by atoms with Crippen molar-refractivity contribution in [3.63, 3.8) is 0 Å². The molecule has 2 aromatic carbocycles. The number of amides is 2. The van der Waals surface area contributed by atoms with E-state index in [1.54, 1.807) is 31.2 Å². The number of nitrogens with one attached hydrogen (secondary N) is 1. The highest BCUT2D eigenvalue weighted by molar-refractivity contribution is 5.87. The molecule has 0 fully saturated rings. The Kier molecular flexibility index (Phi) is 8.84. The van der Waals surface area contributed by atoms with Crippen LogP contribution >= 0.6 is 0 Å². The van der Waals surface area contributed by atoms with Gasteiger partial charge in [-0.15, -0.1) is 0 Å². The fourth-order valence-electron chi connectivity index (χ4n) is 3.74. The predicted octanol–water partition coefficient (Wildman–Crippen LogP) is 4.63. The third-order valence-corrected chi connectivity index (χ3v) is 5.67. The molecule has 2 aromatic rings. The van der Waals surface area contributed by atoms with Crippen LogP contribution in [-0.4, -0.2) is 35.9 Å². The van der Waals surface area contributed by atoms with Crippen LogP contribution in [0, 0.1) is 5.82 Å². The number of hydrogen-bond acceptors (Lipinski definition) is 3. The summed E-state index contributed by atoms with van der Waals surface area (Å²) < 4.78 is 18.9. The van der Waals surface area contributed by atoms with Gasteiger partial charge in [0.1, 0.15) is 17.6 Å². The molecule has 2 amide bonds. The van der Waals surface area contributed by atoms with Gasteiger partial charge in [-0.05, 0) is 68.9 Å². The highest BCUT2D eigenvalue weighted by atomic mass is 19.1. The highest BCUT2D eigenvalue weighted by Crippen LogP contribution is 2.19. The summed E-state index contributed by atoms with van der Waals surface area (Å²) in [6.45, 7) is 2.26. The summed E-state index contributed by atoms with van der Waals surface area (Å²) in [5, 5.41) is 2.96. The summed E-state index contributed by atoms with van der Waals surface area (Å²) in [6.07, 6.45) is 7.75. The van der Waals surface area contributed by atoms with Crippen LogP contribution in [0.25, 0.3) is 0 Å². The molecule has 32 heavy (non-hydrogen) atoms. The number of hydrogen-bond donors (Lipinski definition) is 1. The number of carbonyl (C=O) groups excluding carboxylic acids is 2. The van der Waals surface area contributed by atoms with Crippen LogP contribution in [0.1, 0.15) is 44.6 Å². The Balaban J connectivity index is 1.62. The topological polar surface area (TPSA) is 58.6 Å². The Morgan fingerprint density at radius 1 is 1.09 bits per heavy atom. The molecule has 1 aliphatic carbocycles. The van der Waals surface area contributed by atoms with Crippen molar-refractivity contribution in [1.82, 2.24) is 10.2 Å². The largest absolute Gasteiger partial charge is 0.484 e. The van der Waals surface area contributed by atoms with E-state index in [4.69, 9.17) is 4.74 Å². The third-order valence-electron chi connectivity index (χ3n) is 5.67. The molecule has 3 rings (SSSR count). The van der Waals surface area contributed by atoms with E-state index >= 15 is 0 Å². The second-order valence-corrected chi connectivity index (χ2v) is 8.07. The number of para-hydroxylation sites is 1. The minimum absolute atomic E-state index is 0.185. The van der Waals surface area contributed by atoms with E-state index in [-0.39, 0.29) is 30.8 Å². The molecular weight excluding hydrogens is 407 g/mol. The molecule has 1 atom stereocenters. The molecular formula is C26H31FN2O3. The molecule has 0 bridgehead atoms. The zero-order valence-corrected chi connectivity index (χ0v) is 18.6. The first kappa shape index (κ1) is 23.5. The minimum Gasteiger partial charge on any atom is -0.484 e. The molecule has 0 saturated carbocycles. The molecule has 1 N–H and O–H groups in total. The summed E-state index contributed by atoms with van der Waals surface area (Å²) in [5.74, 6) is -0.283. The lowest BCUT2D eigenvalue weighted by Crippen LogP contribution is -2.49. The lowest BCUT2D eigenvalue weighted by molar-refractivity contribution is -0.142. The van der Waals surface area contributed by atoms with Crippen LogP contribution in [0.5, 0.6) is 5.75 Å². The monoisotopic (exact) mass is 438 g/mol. The van der Waals surface area contributed by atoms with Gasteiger partial charge in [-0.3, -0.25) is 9.59 Å². The first-order chi connectivity index (χ1) is 15.5. The molecule has 0 heterocycles. The van der Waals surface area contributed by atoms with Crippen LogP contribution < -0.4 is 10.1 Å². The average molecular weight is 439 g/mol. The lowest BCUT2D eigenvalue weighted by atomic mass is 9.97. The zero-order chi connectivity index (χ0) is 22.8. The third kappa shape index (κ3) is 7.22. The van der Waals surface area contributed by atoms with Crippen molar-refractivity contribution in [3.8, 4) is 5.75 Å². The van der Waals surface area contributed by atoms with E-state index in [0.717, 1.165) is 24.8 Å². The van der Waals surface area contributed by atoms with Gasteiger partial charge >= 0.3 is 0 Å². The van der Waals surface area contributed by atoms with Gasteiger partial charge in [-0.1, -0.05) is 42.0 Å². The summed E-state index contributed by atoms with van der Waals surface area (Å²) in [4.78, 5) is 27.3. The van der Waals surface area contributed by atoms with Crippen LogP contribution in [0.4, 0.5) is 4.39 Å². The van der Waals surface area contributed by atoms with Crippen molar-refractivity contribution in [2.45, 2.75) is 51.6 Å². The number of nitrogens with zero attached hydrogens (tertiary/aromatic N) is 1. The van der Waals surface area contributed by atoms with Crippen molar-refractivity contribution in [3.05, 3.63) is 77.6 Å². The second-order valence-electron chi connectivity index (χ2n) is 8.07. The van der Waals surface area contributed by atoms with Crippen LogP contribution in [0.15, 0.2) is 66.2 Å². The van der Waals surface area contributed by atoms with Gasteiger partial charge in [0.15, 0.2) is 6.61 Å². The maximum absolute atomic E-state index is 13.3. The summed E-state index contributed by atoms with van der Waals surface area (Å²) in [5.41, 5.74) is 2.13. The number of allylic oxidation sites excluding steroid dienone is 1. The molecule has 6 heteroatoms. The average Bonchev–Trinajstić information content (AvgIpc) is 2.83. The summed E-state index contributed by atoms with van der Waals surface area (Å²) in [7, 11) is 0. The van der Waals surface area contributed by atoms with E-state index in [9.17, 15) is 14.0 Å². The molecule has 1 unspecified atom stereocenters. The number of rotatable bonds is 10. The fourth-order valence-corrected chi connectivity index (χ4v) is 3.74. The Bertz CT molecular complexity index is 912. The van der Waals surface area contributed by atoms with E-state index < -0.39 is 6.04 Å². The van der Waals surface area contributed by atoms with Crippen molar-refractivity contribution >= 4 is 11.8 Å². The summed E-state index contributed by atoms with van der Waals surface area (Å²) >= 11 is 0. The maximum Gasteiger partial charge on any atom is 0.261 e. The van der Waals surface area contributed by atoms with E-state index in [1.807, 2.05) is 18.2 Å². The maximum atomic E-state index is 13.3. The number of benzene rings is 2. The Morgan fingerprint density at radius 3 is 2.53 bits per heavy atom. The van der Waals surface area contributed by atoms with Crippen LogP contribution in [0.3, 0.4) is 0 Å². The molecule has 0 aromatic heterocycles. The van der Waals surface area contributed by atoms with Crippen molar-refractivity contribution in [2.75, 3.05) is 13.2 Å². The van der Waals surface area contributed by atoms with E-state index in [1.165, 1.54) is 35.4 Å². The van der Waals surface area contributed by atoms with Crippen molar-refractivity contribution in [2.24, 2.45) is 0 Å². The highest BCUT2D eigenvalue weighted by Gasteiger charge is 2.26. The molecule has 0 saturated heterocycles. The van der Waals surface area contributed by atoms with E-state index in [0.29, 0.717) is 12.3 Å². The number of carbonyl (C=O) groups is 2. The number of halogens is 1. The van der Waals surface area contributed by atoms with Gasteiger partial charge in [0, 0.05) is 13.1 Å². The quantitative estimate of drug-likeness (QED) is 0.551. The minimum atomic E-state index is -0.688. The Hall–Kier alpha value is -3.15. The van der Waals surface area contributed by atoms with Gasteiger partial charge in [-0.2, -0.15) is 0 Å². The molecule has 0 radical (unpaired) electrons. The van der Waals surface area contributed by atoms with E-state index in [2.05, 4.69) is 11.4 Å². The summed E-state index contributed by atoms with van der Waals surface area (Å²) in [6, 6.07) is 14.3. The van der Waals surface area contributed by atoms with Crippen LogP contribution in [-0.2, 0) is 16.1 Å². The molecule has 0 spiro atoms.